The third-order valence-corrected chi connectivity index (χ3v) is 5.81. The van der Waals surface area contributed by atoms with Crippen molar-refractivity contribution >= 4 is 5.91 Å². The van der Waals surface area contributed by atoms with Crippen LogP contribution in [0.25, 0.3) is 0 Å². The van der Waals surface area contributed by atoms with Crippen LogP contribution in [0.2, 0.25) is 0 Å². The van der Waals surface area contributed by atoms with Gasteiger partial charge in [0.15, 0.2) is 0 Å². The van der Waals surface area contributed by atoms with E-state index in [2.05, 4.69) is 53.6 Å². The molecule has 4 nitrogen and oxygen atoms in total. The van der Waals surface area contributed by atoms with Gasteiger partial charge in [-0.1, -0.05) is 30.7 Å². The molecule has 2 N–H and O–H groups in total. The molecule has 2 aliphatic heterocycles. The maximum Gasteiger partial charge on any atom is 0.223 e. The number of rotatable bonds is 5. The molecule has 0 saturated carbocycles. The van der Waals surface area contributed by atoms with E-state index in [4.69, 9.17) is 0 Å². The topological polar surface area (TPSA) is 44.4 Å². The van der Waals surface area contributed by atoms with E-state index in [9.17, 15) is 4.79 Å². The molecule has 0 radical (unpaired) electrons. The Bertz CT molecular complexity index is 557. The van der Waals surface area contributed by atoms with E-state index in [1.807, 2.05) is 0 Å². The number of carbonyl (C=O) groups is 1. The lowest BCUT2D eigenvalue weighted by molar-refractivity contribution is -0.126. The number of carbonyl (C=O) groups excluding carboxylic acids is 1. The summed E-state index contributed by atoms with van der Waals surface area (Å²) in [6.45, 7) is 8.33. The van der Waals surface area contributed by atoms with Crippen molar-refractivity contribution in [2.45, 2.75) is 71.1 Å². The molecule has 25 heavy (non-hydrogen) atoms. The van der Waals surface area contributed by atoms with Gasteiger partial charge in [-0.2, -0.15) is 0 Å². The van der Waals surface area contributed by atoms with Crippen LogP contribution in [0.1, 0.15) is 57.1 Å². The summed E-state index contributed by atoms with van der Waals surface area (Å²) in [5.74, 6) is 0.371. The van der Waals surface area contributed by atoms with Crippen LogP contribution in [0.3, 0.4) is 0 Å². The van der Waals surface area contributed by atoms with E-state index in [1.54, 1.807) is 0 Å². The van der Waals surface area contributed by atoms with Crippen molar-refractivity contribution in [1.82, 2.24) is 15.5 Å². The molecule has 2 aliphatic rings. The quantitative estimate of drug-likeness (QED) is 0.864. The minimum Gasteiger partial charge on any atom is -0.352 e. The first kappa shape index (κ1) is 18.4. The summed E-state index contributed by atoms with van der Waals surface area (Å²) in [4.78, 5) is 14.9. The van der Waals surface area contributed by atoms with Gasteiger partial charge in [0, 0.05) is 31.1 Å². The van der Waals surface area contributed by atoms with E-state index >= 15 is 0 Å². The van der Waals surface area contributed by atoms with E-state index in [0.29, 0.717) is 18.6 Å². The summed E-state index contributed by atoms with van der Waals surface area (Å²) in [6.07, 6.45) is 5.90. The van der Waals surface area contributed by atoms with Crippen LogP contribution in [0.15, 0.2) is 24.3 Å². The second-order valence-electron chi connectivity index (χ2n) is 7.93. The zero-order valence-electron chi connectivity index (χ0n) is 15.8. The Morgan fingerprint density at radius 1 is 1.16 bits per heavy atom. The van der Waals surface area contributed by atoms with Crippen molar-refractivity contribution in [1.29, 1.82) is 0 Å². The molecular formula is C21H33N3O. The first-order valence-corrected chi connectivity index (χ1v) is 9.95. The lowest BCUT2D eigenvalue weighted by Crippen LogP contribution is -2.42. The first-order valence-electron chi connectivity index (χ1n) is 9.95. The second-order valence-corrected chi connectivity index (χ2v) is 7.93. The lowest BCUT2D eigenvalue weighted by Gasteiger charge is -2.33. The standard InChI is InChI=1S/C21H33N3O/c1-16-13-20(10-11-22-16)21(25)23-14-18-6-8-19(9-7-18)15-24-12-4-3-5-17(24)2/h6-9,16-17,20,22H,3-5,10-15H2,1-2H3,(H,23,25)/t16-,17?,20-/m0/s1. The summed E-state index contributed by atoms with van der Waals surface area (Å²) in [6, 6.07) is 9.90. The molecular weight excluding hydrogens is 310 g/mol. The van der Waals surface area contributed by atoms with Crippen molar-refractivity contribution in [3.05, 3.63) is 35.4 Å². The molecule has 1 aromatic carbocycles. The molecule has 0 aromatic heterocycles. The predicted molar refractivity (Wildman–Crippen MR) is 102 cm³/mol. The van der Waals surface area contributed by atoms with Gasteiger partial charge in [-0.05, 0) is 63.7 Å². The molecule has 0 aliphatic carbocycles. The van der Waals surface area contributed by atoms with Crippen molar-refractivity contribution in [2.75, 3.05) is 13.1 Å². The maximum atomic E-state index is 12.3. The highest BCUT2D eigenvalue weighted by Crippen LogP contribution is 2.19. The molecule has 1 aromatic rings. The van der Waals surface area contributed by atoms with Crippen molar-refractivity contribution in [3.63, 3.8) is 0 Å². The van der Waals surface area contributed by atoms with Crippen LogP contribution in [-0.4, -0.2) is 36.0 Å². The summed E-state index contributed by atoms with van der Waals surface area (Å²) >= 11 is 0. The van der Waals surface area contributed by atoms with E-state index in [1.165, 1.54) is 36.9 Å². The second kappa shape index (κ2) is 8.81. The molecule has 0 spiro atoms. The molecule has 138 valence electrons. The lowest BCUT2D eigenvalue weighted by atomic mass is 9.92. The van der Waals surface area contributed by atoms with E-state index in [-0.39, 0.29) is 11.8 Å². The molecule has 3 rings (SSSR count). The highest BCUT2D eigenvalue weighted by atomic mass is 16.1. The smallest absolute Gasteiger partial charge is 0.223 e. The van der Waals surface area contributed by atoms with Gasteiger partial charge in [0.05, 0.1) is 0 Å². The molecule has 2 saturated heterocycles. The number of hydrogen-bond acceptors (Lipinski definition) is 3. The third-order valence-electron chi connectivity index (χ3n) is 5.81. The average Bonchev–Trinajstić information content (AvgIpc) is 2.63. The Balaban J connectivity index is 1.46. The Labute approximate surface area is 152 Å². The molecule has 1 unspecified atom stereocenters. The van der Waals surface area contributed by atoms with Gasteiger partial charge < -0.3 is 10.6 Å². The van der Waals surface area contributed by atoms with E-state index in [0.717, 1.165) is 25.9 Å². The van der Waals surface area contributed by atoms with Gasteiger partial charge in [0.25, 0.3) is 0 Å². The van der Waals surface area contributed by atoms with Crippen molar-refractivity contribution in [3.8, 4) is 0 Å². The number of likely N-dealkylation sites (tertiary alicyclic amines) is 1. The normalized spacial score (nSPS) is 27.8. The molecule has 4 heteroatoms. The van der Waals surface area contributed by atoms with Gasteiger partial charge in [-0.3, -0.25) is 9.69 Å². The Morgan fingerprint density at radius 2 is 1.92 bits per heavy atom. The van der Waals surface area contributed by atoms with Gasteiger partial charge in [-0.25, -0.2) is 0 Å². The van der Waals surface area contributed by atoms with Crippen LogP contribution < -0.4 is 10.6 Å². The Hall–Kier alpha value is -1.39. The maximum absolute atomic E-state index is 12.3. The Kier molecular flexibility index (Phi) is 6.49. The number of amides is 1. The highest BCUT2D eigenvalue weighted by Gasteiger charge is 2.24. The van der Waals surface area contributed by atoms with Crippen LogP contribution >= 0.6 is 0 Å². The minimum absolute atomic E-state index is 0.163. The minimum atomic E-state index is 0.163. The number of hydrogen-bond donors (Lipinski definition) is 2. The van der Waals surface area contributed by atoms with Gasteiger partial charge >= 0.3 is 0 Å². The summed E-state index contributed by atoms with van der Waals surface area (Å²) in [5, 5.41) is 6.52. The molecule has 3 atom stereocenters. The number of nitrogens with one attached hydrogen (secondary N) is 2. The van der Waals surface area contributed by atoms with Crippen LogP contribution in [0.4, 0.5) is 0 Å². The van der Waals surface area contributed by atoms with Crippen molar-refractivity contribution < 1.29 is 4.79 Å². The van der Waals surface area contributed by atoms with Crippen LogP contribution in [-0.2, 0) is 17.9 Å². The Morgan fingerprint density at radius 3 is 2.64 bits per heavy atom. The average molecular weight is 344 g/mol. The van der Waals surface area contributed by atoms with Crippen LogP contribution in [0, 0.1) is 5.92 Å². The zero-order valence-corrected chi connectivity index (χ0v) is 15.8. The monoisotopic (exact) mass is 343 g/mol. The molecule has 2 fully saturated rings. The summed E-state index contributed by atoms with van der Waals surface area (Å²) in [7, 11) is 0. The first-order chi connectivity index (χ1) is 12.1. The van der Waals surface area contributed by atoms with Gasteiger partial charge in [0.1, 0.15) is 0 Å². The fourth-order valence-corrected chi connectivity index (χ4v) is 4.09. The third kappa shape index (κ3) is 5.29. The van der Waals surface area contributed by atoms with Crippen molar-refractivity contribution in [2.24, 2.45) is 5.92 Å². The van der Waals surface area contributed by atoms with E-state index < -0.39 is 0 Å². The molecule has 1 amide bonds. The zero-order chi connectivity index (χ0) is 17.6. The fraction of sp³-hybridized carbons (Fsp3) is 0.667. The highest BCUT2D eigenvalue weighted by molar-refractivity contribution is 5.78. The SMILES string of the molecule is CC1CCCCN1Cc1ccc(CNC(=O)[C@H]2CCN[C@@H](C)C2)cc1. The summed E-state index contributed by atoms with van der Waals surface area (Å²) < 4.78 is 0. The number of piperidine rings is 2. The summed E-state index contributed by atoms with van der Waals surface area (Å²) in [5.41, 5.74) is 2.56. The van der Waals surface area contributed by atoms with Gasteiger partial charge in [0.2, 0.25) is 5.91 Å². The fourth-order valence-electron chi connectivity index (χ4n) is 4.09. The predicted octanol–water partition coefficient (Wildman–Crippen LogP) is 3.07. The number of benzene rings is 1. The van der Waals surface area contributed by atoms with Crippen LogP contribution in [0.5, 0.6) is 0 Å². The molecule has 0 bridgehead atoms. The van der Waals surface area contributed by atoms with Gasteiger partial charge in [-0.15, -0.1) is 0 Å². The largest absolute Gasteiger partial charge is 0.352 e. The molecule has 2 heterocycles. The number of nitrogens with zero attached hydrogens (tertiary/aromatic N) is 1.